The van der Waals surface area contributed by atoms with Crippen LogP contribution in [0.15, 0.2) is 24.3 Å². The van der Waals surface area contributed by atoms with E-state index in [4.69, 9.17) is 5.11 Å². The summed E-state index contributed by atoms with van der Waals surface area (Å²) in [6.07, 6.45) is 1.72. The Morgan fingerprint density at radius 2 is 2.17 bits per heavy atom. The van der Waals surface area contributed by atoms with Gasteiger partial charge in [-0.15, -0.1) is 0 Å². The molecule has 0 unspecified atom stereocenters. The van der Waals surface area contributed by atoms with Crippen LogP contribution in [-0.2, 0) is 11.4 Å². The summed E-state index contributed by atoms with van der Waals surface area (Å²) in [5, 5.41) is 15.3. The van der Waals surface area contributed by atoms with E-state index in [1.807, 2.05) is 31.2 Å². The molecule has 98 valence electrons. The van der Waals surface area contributed by atoms with E-state index >= 15 is 0 Å². The second-order valence-corrected chi connectivity index (χ2v) is 5.12. The fourth-order valence-electron chi connectivity index (χ4n) is 2.24. The molecular weight excluding hydrogens is 228 g/mol. The van der Waals surface area contributed by atoms with E-state index < -0.39 is 0 Å². The first-order valence-corrected chi connectivity index (χ1v) is 6.36. The molecule has 1 heterocycles. The summed E-state index contributed by atoms with van der Waals surface area (Å²) in [6.45, 7) is 3.78. The third kappa shape index (κ3) is 2.89. The Kier molecular flexibility index (Phi) is 3.99. The SMILES string of the molecule is CC1(C(=O)Nc2cccc(CO)c2)CCNCC1. The fraction of sp³-hybridized carbons (Fsp3) is 0.500. The topological polar surface area (TPSA) is 61.4 Å². The van der Waals surface area contributed by atoms with Gasteiger partial charge in [-0.2, -0.15) is 0 Å². The number of rotatable bonds is 3. The molecule has 0 radical (unpaired) electrons. The first kappa shape index (κ1) is 13.1. The number of amides is 1. The molecule has 18 heavy (non-hydrogen) atoms. The van der Waals surface area contributed by atoms with E-state index in [1.54, 1.807) is 0 Å². The Hall–Kier alpha value is -1.39. The lowest BCUT2D eigenvalue weighted by Gasteiger charge is -2.32. The molecule has 1 aromatic carbocycles. The summed E-state index contributed by atoms with van der Waals surface area (Å²) in [5.41, 5.74) is 1.27. The zero-order valence-electron chi connectivity index (χ0n) is 10.7. The van der Waals surface area contributed by atoms with Gasteiger partial charge in [-0.25, -0.2) is 0 Å². The molecule has 0 aliphatic carbocycles. The molecule has 1 saturated heterocycles. The molecular formula is C14H20N2O2. The summed E-state index contributed by atoms with van der Waals surface area (Å²) in [6, 6.07) is 7.33. The Balaban J connectivity index is 2.05. The van der Waals surface area contributed by atoms with Crippen molar-refractivity contribution in [3.8, 4) is 0 Å². The predicted molar refractivity (Wildman–Crippen MR) is 71.2 cm³/mol. The van der Waals surface area contributed by atoms with Crippen molar-refractivity contribution < 1.29 is 9.90 Å². The smallest absolute Gasteiger partial charge is 0.230 e. The van der Waals surface area contributed by atoms with Crippen LogP contribution in [-0.4, -0.2) is 24.1 Å². The number of carbonyl (C=O) groups excluding carboxylic acids is 1. The van der Waals surface area contributed by atoms with Gasteiger partial charge in [0.1, 0.15) is 0 Å². The standard InChI is InChI=1S/C14H20N2O2/c1-14(5-7-15-8-6-14)13(18)16-12-4-2-3-11(9-12)10-17/h2-4,9,15,17H,5-8,10H2,1H3,(H,16,18). The first-order chi connectivity index (χ1) is 8.64. The highest BCUT2D eigenvalue weighted by Gasteiger charge is 2.34. The lowest BCUT2D eigenvalue weighted by molar-refractivity contribution is -0.126. The van der Waals surface area contributed by atoms with Crippen molar-refractivity contribution in [2.45, 2.75) is 26.4 Å². The van der Waals surface area contributed by atoms with Crippen LogP contribution in [0.25, 0.3) is 0 Å². The van der Waals surface area contributed by atoms with Crippen LogP contribution in [0.2, 0.25) is 0 Å². The molecule has 0 atom stereocenters. The van der Waals surface area contributed by atoms with Gasteiger partial charge in [-0.1, -0.05) is 19.1 Å². The normalized spacial score (nSPS) is 18.3. The molecule has 1 aromatic rings. The van der Waals surface area contributed by atoms with Gasteiger partial charge in [-0.05, 0) is 43.6 Å². The second-order valence-electron chi connectivity index (χ2n) is 5.12. The second kappa shape index (κ2) is 5.50. The van der Waals surface area contributed by atoms with Crippen LogP contribution in [0, 0.1) is 5.41 Å². The van der Waals surface area contributed by atoms with Gasteiger partial charge in [0.05, 0.1) is 6.61 Å². The quantitative estimate of drug-likeness (QED) is 0.760. The van der Waals surface area contributed by atoms with Crippen LogP contribution in [0.3, 0.4) is 0 Å². The molecule has 0 spiro atoms. The summed E-state index contributed by atoms with van der Waals surface area (Å²) < 4.78 is 0. The van der Waals surface area contributed by atoms with Gasteiger partial charge in [0.2, 0.25) is 5.91 Å². The lowest BCUT2D eigenvalue weighted by atomic mass is 9.80. The summed E-state index contributed by atoms with van der Waals surface area (Å²) in [4.78, 5) is 12.3. The van der Waals surface area contributed by atoms with Gasteiger partial charge in [0.25, 0.3) is 0 Å². The van der Waals surface area contributed by atoms with Crippen molar-refractivity contribution >= 4 is 11.6 Å². The third-order valence-corrected chi connectivity index (χ3v) is 3.62. The zero-order chi connectivity index (χ0) is 13.0. The van der Waals surface area contributed by atoms with Crippen LogP contribution in [0.5, 0.6) is 0 Å². The summed E-state index contributed by atoms with van der Waals surface area (Å²) >= 11 is 0. The number of piperidine rings is 1. The number of hydrogen-bond donors (Lipinski definition) is 3. The number of aliphatic hydroxyl groups excluding tert-OH is 1. The van der Waals surface area contributed by atoms with E-state index in [1.165, 1.54) is 0 Å². The molecule has 4 nitrogen and oxygen atoms in total. The van der Waals surface area contributed by atoms with Crippen LogP contribution in [0.4, 0.5) is 5.69 Å². The van der Waals surface area contributed by atoms with Crippen LogP contribution >= 0.6 is 0 Å². The predicted octanol–water partition coefficient (Wildman–Crippen LogP) is 1.51. The molecule has 1 aliphatic heterocycles. The number of aliphatic hydroxyl groups is 1. The Bertz CT molecular complexity index is 426. The lowest BCUT2D eigenvalue weighted by Crippen LogP contribution is -2.42. The van der Waals surface area contributed by atoms with E-state index in [-0.39, 0.29) is 17.9 Å². The zero-order valence-corrected chi connectivity index (χ0v) is 10.7. The molecule has 4 heteroatoms. The molecule has 0 saturated carbocycles. The number of hydrogen-bond acceptors (Lipinski definition) is 3. The van der Waals surface area contributed by atoms with Gasteiger partial charge in [-0.3, -0.25) is 4.79 Å². The molecule has 0 bridgehead atoms. The van der Waals surface area contributed by atoms with E-state index in [2.05, 4.69) is 10.6 Å². The van der Waals surface area contributed by atoms with Gasteiger partial charge in [0.15, 0.2) is 0 Å². The highest BCUT2D eigenvalue weighted by molar-refractivity contribution is 5.95. The number of carbonyl (C=O) groups is 1. The van der Waals surface area contributed by atoms with Gasteiger partial charge >= 0.3 is 0 Å². The van der Waals surface area contributed by atoms with Crippen molar-refractivity contribution in [1.82, 2.24) is 5.32 Å². The average Bonchev–Trinajstić information content (AvgIpc) is 2.40. The largest absolute Gasteiger partial charge is 0.392 e. The molecule has 1 aliphatic rings. The van der Waals surface area contributed by atoms with Crippen molar-refractivity contribution in [1.29, 1.82) is 0 Å². The first-order valence-electron chi connectivity index (χ1n) is 6.36. The highest BCUT2D eigenvalue weighted by Crippen LogP contribution is 2.29. The minimum Gasteiger partial charge on any atom is -0.392 e. The molecule has 2 rings (SSSR count). The average molecular weight is 248 g/mol. The molecule has 3 N–H and O–H groups in total. The minimum absolute atomic E-state index is 0.00903. The van der Waals surface area contributed by atoms with Crippen LogP contribution in [0.1, 0.15) is 25.3 Å². The Morgan fingerprint density at radius 1 is 1.44 bits per heavy atom. The van der Waals surface area contributed by atoms with Gasteiger partial charge < -0.3 is 15.7 Å². The monoisotopic (exact) mass is 248 g/mol. The number of anilines is 1. The number of nitrogens with one attached hydrogen (secondary N) is 2. The van der Waals surface area contributed by atoms with Crippen molar-refractivity contribution in [2.24, 2.45) is 5.41 Å². The maximum absolute atomic E-state index is 12.3. The molecule has 1 amide bonds. The van der Waals surface area contributed by atoms with Crippen molar-refractivity contribution in [3.63, 3.8) is 0 Å². The Labute approximate surface area is 107 Å². The maximum atomic E-state index is 12.3. The Morgan fingerprint density at radius 3 is 2.83 bits per heavy atom. The third-order valence-electron chi connectivity index (χ3n) is 3.62. The summed E-state index contributed by atoms with van der Waals surface area (Å²) in [5.74, 6) is 0.0686. The molecule has 1 fully saturated rings. The van der Waals surface area contributed by atoms with Gasteiger partial charge in [0, 0.05) is 11.1 Å². The minimum atomic E-state index is -0.291. The van der Waals surface area contributed by atoms with Crippen molar-refractivity contribution in [3.05, 3.63) is 29.8 Å². The van der Waals surface area contributed by atoms with E-state index in [0.717, 1.165) is 37.2 Å². The van der Waals surface area contributed by atoms with Crippen LogP contribution < -0.4 is 10.6 Å². The number of benzene rings is 1. The van der Waals surface area contributed by atoms with E-state index in [9.17, 15) is 4.79 Å². The van der Waals surface area contributed by atoms with E-state index in [0.29, 0.717) is 0 Å². The highest BCUT2D eigenvalue weighted by atomic mass is 16.3. The maximum Gasteiger partial charge on any atom is 0.230 e. The summed E-state index contributed by atoms with van der Waals surface area (Å²) in [7, 11) is 0. The van der Waals surface area contributed by atoms with Crippen molar-refractivity contribution in [2.75, 3.05) is 18.4 Å². The molecule has 0 aromatic heterocycles. The fourth-order valence-corrected chi connectivity index (χ4v) is 2.24.